The summed E-state index contributed by atoms with van der Waals surface area (Å²) in [5.41, 5.74) is 1.42. The van der Waals surface area contributed by atoms with Crippen LogP contribution in [0, 0.1) is 5.92 Å². The number of carboxylic acids is 1. The molecule has 0 fully saturated rings. The number of hydrogen-bond acceptors (Lipinski definition) is 2. The number of carboxylic acid groups (broad SMARTS) is 1. The van der Waals surface area contributed by atoms with Gasteiger partial charge in [-0.05, 0) is 48.7 Å². The third-order valence-corrected chi connectivity index (χ3v) is 4.79. The second kappa shape index (κ2) is 9.11. The van der Waals surface area contributed by atoms with Gasteiger partial charge in [-0.15, -0.1) is 0 Å². The van der Waals surface area contributed by atoms with Crippen molar-refractivity contribution in [3.8, 4) is 0 Å². The maximum absolute atomic E-state index is 12.9. The van der Waals surface area contributed by atoms with Gasteiger partial charge < -0.3 is 15.3 Å². The maximum Gasteiger partial charge on any atom is 0.335 e. The lowest BCUT2D eigenvalue weighted by Gasteiger charge is -2.32. The largest absolute Gasteiger partial charge is 0.478 e. The van der Waals surface area contributed by atoms with Crippen molar-refractivity contribution >= 4 is 40.9 Å². The molecule has 0 aliphatic rings. The van der Waals surface area contributed by atoms with Gasteiger partial charge in [-0.25, -0.2) is 9.59 Å². The highest BCUT2D eigenvalue weighted by Crippen LogP contribution is 2.24. The third kappa shape index (κ3) is 5.88. The molecule has 144 valence electrons. The minimum Gasteiger partial charge on any atom is -0.478 e. The van der Waals surface area contributed by atoms with Crippen molar-refractivity contribution < 1.29 is 14.7 Å². The van der Waals surface area contributed by atoms with E-state index in [1.807, 2.05) is 20.8 Å². The summed E-state index contributed by atoms with van der Waals surface area (Å²) in [4.78, 5) is 25.8. The molecule has 0 heterocycles. The number of aromatic carboxylic acids is 1. The summed E-state index contributed by atoms with van der Waals surface area (Å²) in [6, 6.07) is 11.0. The van der Waals surface area contributed by atoms with Crippen molar-refractivity contribution in [3.63, 3.8) is 0 Å². The zero-order chi connectivity index (χ0) is 20.1. The highest BCUT2D eigenvalue weighted by Gasteiger charge is 2.23. The van der Waals surface area contributed by atoms with Crippen LogP contribution in [-0.2, 0) is 6.54 Å². The predicted molar refractivity (Wildman–Crippen MR) is 109 cm³/mol. The molecule has 27 heavy (non-hydrogen) atoms. The highest BCUT2D eigenvalue weighted by molar-refractivity contribution is 6.35. The van der Waals surface area contributed by atoms with Gasteiger partial charge in [-0.1, -0.05) is 49.2 Å². The van der Waals surface area contributed by atoms with E-state index in [1.54, 1.807) is 41.3 Å². The van der Waals surface area contributed by atoms with Crippen LogP contribution < -0.4 is 5.32 Å². The van der Waals surface area contributed by atoms with Crippen LogP contribution in [0.15, 0.2) is 42.5 Å². The van der Waals surface area contributed by atoms with E-state index in [4.69, 9.17) is 23.2 Å². The number of nitrogens with one attached hydrogen (secondary N) is 1. The fraction of sp³-hybridized carbons (Fsp3) is 0.300. The number of rotatable bonds is 6. The number of amides is 2. The number of nitrogens with zero attached hydrogens (tertiary/aromatic N) is 1. The van der Waals surface area contributed by atoms with Gasteiger partial charge in [0, 0.05) is 28.3 Å². The number of benzene rings is 2. The monoisotopic (exact) mass is 408 g/mol. The van der Waals surface area contributed by atoms with Gasteiger partial charge in [-0.2, -0.15) is 0 Å². The molecule has 5 nitrogen and oxygen atoms in total. The molecular weight excluding hydrogens is 387 g/mol. The summed E-state index contributed by atoms with van der Waals surface area (Å²) in [5.74, 6) is -0.792. The summed E-state index contributed by atoms with van der Waals surface area (Å²) in [5, 5.41) is 12.9. The van der Waals surface area contributed by atoms with E-state index < -0.39 is 5.97 Å². The molecule has 2 amide bonds. The molecule has 1 atom stereocenters. The Morgan fingerprint density at radius 2 is 1.70 bits per heavy atom. The first-order chi connectivity index (χ1) is 12.7. The van der Waals surface area contributed by atoms with Gasteiger partial charge in [0.2, 0.25) is 0 Å². The van der Waals surface area contributed by atoms with Crippen molar-refractivity contribution in [2.24, 2.45) is 5.92 Å². The Bertz CT molecular complexity index is 819. The van der Waals surface area contributed by atoms with E-state index in [-0.39, 0.29) is 30.1 Å². The van der Waals surface area contributed by atoms with E-state index in [9.17, 15) is 14.7 Å². The Morgan fingerprint density at radius 3 is 2.26 bits per heavy atom. The standard InChI is InChI=1S/C20H22Cl2N2O3/c1-12(2)13(3)24(11-14-5-4-6-15(7-14)19(25)26)20(27)23-18-9-16(21)8-17(22)10-18/h4-10,12-13H,11H2,1-3H3,(H,23,27)(H,25,26). The molecule has 1 unspecified atom stereocenters. The second-order valence-electron chi connectivity index (χ2n) is 6.71. The molecule has 0 saturated carbocycles. The van der Waals surface area contributed by atoms with Crippen LogP contribution in [0.25, 0.3) is 0 Å². The summed E-state index contributed by atoms with van der Waals surface area (Å²) >= 11 is 12.0. The molecule has 0 spiro atoms. The highest BCUT2D eigenvalue weighted by atomic mass is 35.5. The number of halogens is 2. The zero-order valence-corrected chi connectivity index (χ0v) is 16.9. The maximum atomic E-state index is 12.9. The molecule has 2 N–H and O–H groups in total. The average Bonchev–Trinajstić information content (AvgIpc) is 2.58. The second-order valence-corrected chi connectivity index (χ2v) is 7.58. The van der Waals surface area contributed by atoms with Crippen molar-refractivity contribution in [3.05, 3.63) is 63.6 Å². The van der Waals surface area contributed by atoms with Crippen LogP contribution >= 0.6 is 23.2 Å². The Balaban J connectivity index is 2.27. The van der Waals surface area contributed by atoms with Crippen molar-refractivity contribution in [1.82, 2.24) is 4.90 Å². The van der Waals surface area contributed by atoms with Crippen LogP contribution in [-0.4, -0.2) is 28.0 Å². The van der Waals surface area contributed by atoms with E-state index in [0.717, 1.165) is 5.56 Å². The first-order valence-electron chi connectivity index (χ1n) is 8.53. The minimum absolute atomic E-state index is 0.0758. The van der Waals surface area contributed by atoms with Gasteiger partial charge in [0.25, 0.3) is 0 Å². The van der Waals surface area contributed by atoms with E-state index in [0.29, 0.717) is 15.7 Å². The molecule has 0 aromatic heterocycles. The zero-order valence-electron chi connectivity index (χ0n) is 15.4. The first kappa shape index (κ1) is 21.1. The fourth-order valence-corrected chi connectivity index (χ4v) is 3.11. The van der Waals surface area contributed by atoms with Gasteiger partial charge in [0.1, 0.15) is 0 Å². The normalized spacial score (nSPS) is 11.9. The van der Waals surface area contributed by atoms with Crippen LogP contribution in [0.1, 0.15) is 36.7 Å². The average molecular weight is 409 g/mol. The van der Waals surface area contributed by atoms with Crippen molar-refractivity contribution in [2.75, 3.05) is 5.32 Å². The Kier molecular flexibility index (Phi) is 7.11. The summed E-state index contributed by atoms with van der Waals surface area (Å²) in [6.07, 6.45) is 0. The summed E-state index contributed by atoms with van der Waals surface area (Å²) in [7, 11) is 0. The SMILES string of the molecule is CC(C)C(C)N(Cc1cccc(C(=O)O)c1)C(=O)Nc1cc(Cl)cc(Cl)c1. The van der Waals surface area contributed by atoms with Crippen LogP contribution in [0.2, 0.25) is 10.0 Å². The van der Waals surface area contributed by atoms with Crippen LogP contribution in [0.3, 0.4) is 0 Å². The van der Waals surface area contributed by atoms with E-state index >= 15 is 0 Å². The van der Waals surface area contributed by atoms with Crippen molar-refractivity contribution in [1.29, 1.82) is 0 Å². The number of carbonyl (C=O) groups is 2. The molecule has 0 aliphatic carbocycles. The minimum atomic E-state index is -1.00. The number of carbonyl (C=O) groups excluding carboxylic acids is 1. The van der Waals surface area contributed by atoms with Crippen LogP contribution in [0.4, 0.5) is 10.5 Å². The van der Waals surface area contributed by atoms with Gasteiger partial charge >= 0.3 is 12.0 Å². The van der Waals surface area contributed by atoms with Gasteiger partial charge in [0.05, 0.1) is 5.56 Å². The fourth-order valence-electron chi connectivity index (χ4n) is 2.58. The molecule has 0 saturated heterocycles. The molecule has 2 aromatic carbocycles. The van der Waals surface area contributed by atoms with E-state index in [1.165, 1.54) is 6.07 Å². The number of anilines is 1. The first-order valence-corrected chi connectivity index (χ1v) is 9.29. The molecule has 2 rings (SSSR count). The molecule has 0 bridgehead atoms. The topological polar surface area (TPSA) is 69.6 Å². The lowest BCUT2D eigenvalue weighted by Crippen LogP contribution is -2.43. The third-order valence-electron chi connectivity index (χ3n) is 4.36. The number of urea groups is 1. The predicted octanol–water partition coefficient (Wildman–Crippen LogP) is 5.77. The summed E-state index contributed by atoms with van der Waals surface area (Å²) < 4.78 is 0. The van der Waals surface area contributed by atoms with Gasteiger partial charge in [-0.3, -0.25) is 0 Å². The van der Waals surface area contributed by atoms with E-state index in [2.05, 4.69) is 5.32 Å². The Labute approximate surface area is 168 Å². The molecule has 0 aliphatic heterocycles. The lowest BCUT2D eigenvalue weighted by molar-refractivity contribution is 0.0696. The van der Waals surface area contributed by atoms with Crippen molar-refractivity contribution in [2.45, 2.75) is 33.4 Å². The smallest absolute Gasteiger partial charge is 0.335 e. The molecular formula is C20H22Cl2N2O3. The molecule has 7 heteroatoms. The molecule has 2 aromatic rings. The van der Waals surface area contributed by atoms with Gasteiger partial charge in [0.15, 0.2) is 0 Å². The summed E-state index contributed by atoms with van der Waals surface area (Å²) in [6.45, 7) is 6.28. The Hall–Kier alpha value is -2.24. The van der Waals surface area contributed by atoms with Crippen LogP contribution in [0.5, 0.6) is 0 Å². The Morgan fingerprint density at radius 1 is 1.07 bits per heavy atom. The quantitative estimate of drug-likeness (QED) is 0.636. The lowest BCUT2D eigenvalue weighted by atomic mass is 10.0. The number of hydrogen-bond donors (Lipinski definition) is 2. The molecule has 0 radical (unpaired) electrons.